The van der Waals surface area contributed by atoms with Gasteiger partial charge in [0.15, 0.2) is 0 Å². The van der Waals surface area contributed by atoms with Gasteiger partial charge in [-0.25, -0.2) is 4.79 Å². The fourth-order valence-corrected chi connectivity index (χ4v) is 4.62. The molecule has 2 heterocycles. The van der Waals surface area contributed by atoms with Crippen molar-refractivity contribution in [2.45, 2.75) is 24.9 Å². The number of carbonyl (C=O) groups excluding carboxylic acids is 2. The molecule has 0 spiro atoms. The minimum Gasteiger partial charge on any atom is -0.481 e. The van der Waals surface area contributed by atoms with Gasteiger partial charge in [0.05, 0.1) is 0 Å². The Bertz CT molecular complexity index is 738. The number of nitrogens with zero attached hydrogens (tertiary/aromatic N) is 1. The van der Waals surface area contributed by atoms with Gasteiger partial charge in [0.2, 0.25) is 5.91 Å². The van der Waals surface area contributed by atoms with Gasteiger partial charge in [0.25, 0.3) is 0 Å². The van der Waals surface area contributed by atoms with Gasteiger partial charge in [-0.3, -0.25) is 9.59 Å². The lowest BCUT2D eigenvalue weighted by atomic mass is 9.87. The van der Waals surface area contributed by atoms with Crippen molar-refractivity contribution in [1.29, 1.82) is 0 Å². The van der Waals surface area contributed by atoms with Crippen LogP contribution in [-0.4, -0.2) is 51.7 Å². The molecule has 2 N–H and O–H groups in total. The molecule has 138 valence electrons. The SMILES string of the molecule is CC=CC1(C(=O)O)CS[C@@H]2C(NC(=O)OCc3ccccc3)C(=O)N2C1. The average Bonchev–Trinajstić information content (AvgIpc) is 2.65. The van der Waals surface area contributed by atoms with Crippen LogP contribution < -0.4 is 5.32 Å². The summed E-state index contributed by atoms with van der Waals surface area (Å²) < 4.78 is 5.14. The zero-order valence-electron chi connectivity index (χ0n) is 14.3. The number of benzene rings is 1. The van der Waals surface area contributed by atoms with E-state index in [1.165, 1.54) is 16.7 Å². The number of alkyl carbamates (subject to hydrolysis) is 1. The number of aliphatic carboxylic acids is 1. The molecule has 0 aliphatic carbocycles. The van der Waals surface area contributed by atoms with Crippen molar-refractivity contribution in [1.82, 2.24) is 10.2 Å². The Balaban J connectivity index is 1.56. The second-order valence-electron chi connectivity index (χ2n) is 6.31. The second-order valence-corrected chi connectivity index (χ2v) is 7.42. The normalized spacial score (nSPS) is 27.6. The minimum atomic E-state index is -1.08. The maximum Gasteiger partial charge on any atom is 0.408 e. The molecule has 1 aromatic carbocycles. The zero-order valence-corrected chi connectivity index (χ0v) is 15.1. The minimum absolute atomic E-state index is 0.112. The molecule has 2 fully saturated rings. The lowest BCUT2D eigenvalue weighted by Crippen LogP contribution is -2.73. The van der Waals surface area contributed by atoms with Crippen LogP contribution >= 0.6 is 11.8 Å². The summed E-state index contributed by atoms with van der Waals surface area (Å²) in [5, 5.41) is 11.9. The standard InChI is InChI=1S/C18H20N2O5S/c1-2-8-18(16(22)23)10-20-14(21)13(15(20)26-11-18)19-17(24)25-9-12-6-4-3-5-7-12/h2-8,13,15H,9-11H2,1H3,(H,19,24)(H,22,23)/t13?,15-,18?/m1/s1. The number of nitrogens with one attached hydrogen (secondary N) is 1. The number of allylic oxidation sites excluding steroid dienone is 1. The van der Waals surface area contributed by atoms with Crippen molar-refractivity contribution in [3.05, 3.63) is 48.0 Å². The Hall–Kier alpha value is -2.48. The van der Waals surface area contributed by atoms with Crippen molar-refractivity contribution in [2.75, 3.05) is 12.3 Å². The third-order valence-corrected chi connectivity index (χ3v) is 6.05. The molecular weight excluding hydrogens is 356 g/mol. The summed E-state index contributed by atoms with van der Waals surface area (Å²) in [5.41, 5.74) is -0.224. The molecular formula is C18H20N2O5S. The molecule has 2 aliphatic rings. The summed E-state index contributed by atoms with van der Waals surface area (Å²) in [7, 11) is 0. The van der Waals surface area contributed by atoms with Gasteiger partial charge < -0.3 is 20.1 Å². The maximum atomic E-state index is 12.3. The van der Waals surface area contributed by atoms with Gasteiger partial charge in [-0.15, -0.1) is 11.8 Å². The summed E-state index contributed by atoms with van der Waals surface area (Å²) in [4.78, 5) is 37.4. The number of ether oxygens (including phenoxy) is 1. The van der Waals surface area contributed by atoms with Crippen molar-refractivity contribution in [3.8, 4) is 0 Å². The van der Waals surface area contributed by atoms with Crippen molar-refractivity contribution < 1.29 is 24.2 Å². The highest BCUT2D eigenvalue weighted by Gasteiger charge is 2.56. The molecule has 0 bridgehead atoms. The lowest BCUT2D eigenvalue weighted by Gasteiger charge is -2.53. The van der Waals surface area contributed by atoms with E-state index in [1.807, 2.05) is 30.3 Å². The molecule has 26 heavy (non-hydrogen) atoms. The molecule has 2 unspecified atom stereocenters. The highest BCUT2D eigenvalue weighted by atomic mass is 32.2. The van der Waals surface area contributed by atoms with E-state index in [1.54, 1.807) is 19.1 Å². The largest absolute Gasteiger partial charge is 0.481 e. The number of carbonyl (C=O) groups is 3. The topological polar surface area (TPSA) is 95.9 Å². The quantitative estimate of drug-likeness (QED) is 0.601. The molecule has 1 aromatic rings. The predicted octanol–water partition coefficient (Wildman–Crippen LogP) is 1.84. The molecule has 7 nitrogen and oxygen atoms in total. The Labute approximate surface area is 155 Å². The molecule has 0 saturated carbocycles. The Morgan fingerprint density at radius 3 is 2.81 bits per heavy atom. The fraction of sp³-hybridized carbons (Fsp3) is 0.389. The molecule has 2 aliphatic heterocycles. The number of rotatable bonds is 5. The average molecular weight is 376 g/mol. The molecule has 8 heteroatoms. The van der Waals surface area contributed by atoms with Crippen LogP contribution in [0.15, 0.2) is 42.5 Å². The van der Waals surface area contributed by atoms with Gasteiger partial charge in [0, 0.05) is 12.3 Å². The van der Waals surface area contributed by atoms with Crippen LogP contribution in [0, 0.1) is 5.41 Å². The van der Waals surface area contributed by atoms with Crippen LogP contribution in [0.5, 0.6) is 0 Å². The molecule has 3 rings (SSSR count). The Kier molecular flexibility index (Phi) is 5.22. The molecule has 2 saturated heterocycles. The number of fused-ring (bicyclic) bond motifs is 1. The fourth-order valence-electron chi connectivity index (χ4n) is 3.11. The highest BCUT2D eigenvalue weighted by Crippen LogP contribution is 2.42. The van der Waals surface area contributed by atoms with Gasteiger partial charge in [-0.05, 0) is 12.5 Å². The first-order chi connectivity index (χ1) is 12.5. The first kappa shape index (κ1) is 18.3. The van der Waals surface area contributed by atoms with E-state index >= 15 is 0 Å². The first-order valence-electron chi connectivity index (χ1n) is 8.23. The number of carboxylic acids is 1. The zero-order chi connectivity index (χ0) is 18.7. The molecule has 0 radical (unpaired) electrons. The summed E-state index contributed by atoms with van der Waals surface area (Å²) in [5.74, 6) is -0.889. The number of hydrogen-bond acceptors (Lipinski definition) is 5. The van der Waals surface area contributed by atoms with Crippen LogP contribution in [0.3, 0.4) is 0 Å². The van der Waals surface area contributed by atoms with E-state index in [-0.39, 0.29) is 24.4 Å². The second kappa shape index (κ2) is 7.41. The summed E-state index contributed by atoms with van der Waals surface area (Å²) in [6.07, 6.45) is 2.66. The number of amides is 2. The first-order valence-corrected chi connectivity index (χ1v) is 9.28. The predicted molar refractivity (Wildman–Crippen MR) is 96.4 cm³/mol. The van der Waals surface area contributed by atoms with Crippen LogP contribution in [0.4, 0.5) is 4.79 Å². The van der Waals surface area contributed by atoms with E-state index in [9.17, 15) is 19.5 Å². The van der Waals surface area contributed by atoms with Gasteiger partial charge in [0.1, 0.15) is 23.4 Å². The number of hydrogen-bond donors (Lipinski definition) is 2. The van der Waals surface area contributed by atoms with E-state index in [0.29, 0.717) is 5.75 Å². The summed E-state index contributed by atoms with van der Waals surface area (Å²) >= 11 is 1.36. The van der Waals surface area contributed by atoms with E-state index in [0.717, 1.165) is 5.56 Å². The summed E-state index contributed by atoms with van der Waals surface area (Å²) in [6, 6.07) is 8.57. The van der Waals surface area contributed by atoms with Gasteiger partial charge in [-0.1, -0.05) is 42.5 Å². The number of thioether (sulfide) groups is 1. The van der Waals surface area contributed by atoms with E-state index < -0.39 is 23.5 Å². The van der Waals surface area contributed by atoms with Gasteiger partial charge in [-0.2, -0.15) is 0 Å². The van der Waals surface area contributed by atoms with Crippen LogP contribution in [0.25, 0.3) is 0 Å². The third-order valence-electron chi connectivity index (χ3n) is 4.50. The Morgan fingerprint density at radius 1 is 1.42 bits per heavy atom. The smallest absolute Gasteiger partial charge is 0.408 e. The van der Waals surface area contributed by atoms with Crippen LogP contribution in [0.2, 0.25) is 0 Å². The van der Waals surface area contributed by atoms with Crippen molar-refractivity contribution >= 4 is 29.7 Å². The van der Waals surface area contributed by atoms with Crippen molar-refractivity contribution in [2.24, 2.45) is 5.41 Å². The summed E-state index contributed by atoms with van der Waals surface area (Å²) in [6.45, 7) is 1.99. The maximum absolute atomic E-state index is 12.3. The van der Waals surface area contributed by atoms with E-state index in [2.05, 4.69) is 5.32 Å². The lowest BCUT2D eigenvalue weighted by molar-refractivity contribution is -0.154. The Morgan fingerprint density at radius 2 is 2.15 bits per heavy atom. The highest BCUT2D eigenvalue weighted by molar-refractivity contribution is 8.00. The van der Waals surface area contributed by atoms with Crippen LogP contribution in [-0.2, 0) is 20.9 Å². The molecule has 0 aromatic heterocycles. The third kappa shape index (κ3) is 3.41. The molecule has 3 atom stereocenters. The van der Waals surface area contributed by atoms with E-state index in [4.69, 9.17) is 4.74 Å². The van der Waals surface area contributed by atoms with Crippen molar-refractivity contribution in [3.63, 3.8) is 0 Å². The number of carboxylic acid groups (broad SMARTS) is 1. The number of β-lactam (4-membered cyclic amide) rings is 1. The van der Waals surface area contributed by atoms with Gasteiger partial charge >= 0.3 is 12.1 Å². The monoisotopic (exact) mass is 376 g/mol. The van der Waals surface area contributed by atoms with Crippen LogP contribution in [0.1, 0.15) is 12.5 Å². The molecule has 2 amide bonds.